The van der Waals surface area contributed by atoms with Crippen molar-refractivity contribution in [2.75, 3.05) is 7.05 Å². The fourth-order valence-corrected chi connectivity index (χ4v) is 2.78. The molecular formula is C13H18BrN. The summed E-state index contributed by atoms with van der Waals surface area (Å²) in [7, 11) is 2.06. The van der Waals surface area contributed by atoms with Gasteiger partial charge in [-0.05, 0) is 31.0 Å². The summed E-state index contributed by atoms with van der Waals surface area (Å²) >= 11 is 3.63. The first-order chi connectivity index (χ1) is 7.31. The Hall–Kier alpha value is -0.340. The molecule has 2 rings (SSSR count). The zero-order valence-electron chi connectivity index (χ0n) is 9.17. The van der Waals surface area contributed by atoms with Crippen molar-refractivity contribution < 1.29 is 0 Å². The van der Waals surface area contributed by atoms with Crippen LogP contribution in [0.25, 0.3) is 0 Å². The van der Waals surface area contributed by atoms with Gasteiger partial charge in [0.2, 0.25) is 0 Å². The maximum absolute atomic E-state index is 3.63. The van der Waals surface area contributed by atoms with Crippen molar-refractivity contribution in [3.8, 4) is 0 Å². The molecule has 0 heterocycles. The number of hydrogen-bond acceptors (Lipinski definition) is 1. The Morgan fingerprint density at radius 3 is 2.67 bits per heavy atom. The number of halogens is 1. The number of benzene rings is 1. The van der Waals surface area contributed by atoms with E-state index in [1.807, 2.05) is 0 Å². The smallest absolute Gasteiger partial charge is 0.0331 e. The van der Waals surface area contributed by atoms with Crippen LogP contribution in [0.4, 0.5) is 0 Å². The van der Waals surface area contributed by atoms with E-state index in [0.29, 0.717) is 6.04 Å². The molecule has 0 amide bonds. The largest absolute Gasteiger partial charge is 0.313 e. The van der Waals surface area contributed by atoms with Crippen molar-refractivity contribution in [1.29, 1.82) is 0 Å². The molecule has 1 aromatic carbocycles. The van der Waals surface area contributed by atoms with Crippen LogP contribution in [-0.4, -0.2) is 7.05 Å². The van der Waals surface area contributed by atoms with Crippen molar-refractivity contribution in [1.82, 2.24) is 5.32 Å². The summed E-state index contributed by atoms with van der Waals surface area (Å²) in [6.07, 6.45) is 5.54. The van der Waals surface area contributed by atoms with Gasteiger partial charge in [0.1, 0.15) is 0 Å². The van der Waals surface area contributed by atoms with Crippen LogP contribution in [0.15, 0.2) is 28.7 Å². The fraction of sp³-hybridized carbons (Fsp3) is 0.538. The van der Waals surface area contributed by atoms with Crippen molar-refractivity contribution in [2.45, 2.75) is 31.7 Å². The van der Waals surface area contributed by atoms with Crippen LogP contribution in [-0.2, 0) is 0 Å². The molecule has 15 heavy (non-hydrogen) atoms. The SMILES string of the molecule is CNC(CC1CCC1)c1ccccc1Br. The predicted molar refractivity (Wildman–Crippen MR) is 67.9 cm³/mol. The van der Waals surface area contributed by atoms with Gasteiger partial charge in [0.15, 0.2) is 0 Å². The minimum absolute atomic E-state index is 0.505. The van der Waals surface area contributed by atoms with E-state index in [9.17, 15) is 0 Å². The second kappa shape index (κ2) is 5.13. The lowest BCUT2D eigenvalue weighted by atomic mass is 9.79. The minimum Gasteiger partial charge on any atom is -0.313 e. The molecule has 1 aliphatic carbocycles. The van der Waals surface area contributed by atoms with Gasteiger partial charge in [0.05, 0.1) is 0 Å². The van der Waals surface area contributed by atoms with Crippen LogP contribution in [0.5, 0.6) is 0 Å². The molecule has 0 bridgehead atoms. The van der Waals surface area contributed by atoms with Crippen molar-refractivity contribution in [3.05, 3.63) is 34.3 Å². The summed E-state index contributed by atoms with van der Waals surface area (Å²) in [4.78, 5) is 0. The summed E-state index contributed by atoms with van der Waals surface area (Å²) < 4.78 is 1.23. The van der Waals surface area contributed by atoms with Gasteiger partial charge in [-0.15, -0.1) is 0 Å². The van der Waals surface area contributed by atoms with Crippen molar-refractivity contribution in [3.63, 3.8) is 0 Å². The summed E-state index contributed by atoms with van der Waals surface area (Å²) in [6.45, 7) is 0. The second-order valence-corrected chi connectivity index (χ2v) is 5.25. The monoisotopic (exact) mass is 267 g/mol. The van der Waals surface area contributed by atoms with Crippen LogP contribution in [0.3, 0.4) is 0 Å². The highest BCUT2D eigenvalue weighted by Gasteiger charge is 2.22. The molecule has 1 aromatic rings. The van der Waals surface area contributed by atoms with Gasteiger partial charge >= 0.3 is 0 Å². The quantitative estimate of drug-likeness (QED) is 0.873. The zero-order valence-corrected chi connectivity index (χ0v) is 10.8. The molecular weight excluding hydrogens is 250 g/mol. The molecule has 1 atom stereocenters. The molecule has 1 N–H and O–H groups in total. The van der Waals surface area contributed by atoms with E-state index < -0.39 is 0 Å². The number of hydrogen-bond donors (Lipinski definition) is 1. The van der Waals surface area contributed by atoms with Gasteiger partial charge < -0.3 is 5.32 Å². The third-order valence-corrected chi connectivity index (χ3v) is 4.15. The highest BCUT2D eigenvalue weighted by molar-refractivity contribution is 9.10. The number of rotatable bonds is 4. The van der Waals surface area contributed by atoms with E-state index in [0.717, 1.165) is 5.92 Å². The first kappa shape index (κ1) is 11.2. The van der Waals surface area contributed by atoms with E-state index in [4.69, 9.17) is 0 Å². The third-order valence-electron chi connectivity index (χ3n) is 3.42. The first-order valence-corrected chi connectivity index (χ1v) is 6.52. The average molecular weight is 268 g/mol. The molecule has 82 valence electrons. The maximum atomic E-state index is 3.63. The van der Waals surface area contributed by atoms with Crippen LogP contribution in [0.2, 0.25) is 0 Å². The van der Waals surface area contributed by atoms with E-state index >= 15 is 0 Å². The van der Waals surface area contributed by atoms with E-state index in [1.165, 1.54) is 35.7 Å². The van der Waals surface area contributed by atoms with Gasteiger partial charge in [0, 0.05) is 10.5 Å². The normalized spacial score (nSPS) is 18.5. The molecule has 1 unspecified atom stereocenters. The lowest BCUT2D eigenvalue weighted by Gasteiger charge is -2.30. The Bertz CT molecular complexity index is 320. The molecule has 2 heteroatoms. The molecule has 0 radical (unpaired) electrons. The molecule has 0 saturated heterocycles. The molecule has 1 fully saturated rings. The molecule has 0 spiro atoms. The molecule has 1 nitrogen and oxygen atoms in total. The van der Waals surface area contributed by atoms with E-state index in [2.05, 4.69) is 52.6 Å². The molecule has 1 saturated carbocycles. The van der Waals surface area contributed by atoms with Crippen LogP contribution in [0.1, 0.15) is 37.3 Å². The summed E-state index contributed by atoms with van der Waals surface area (Å²) in [6, 6.07) is 9.03. The topological polar surface area (TPSA) is 12.0 Å². The average Bonchev–Trinajstić information content (AvgIpc) is 2.19. The van der Waals surface area contributed by atoms with Gasteiger partial charge in [0.25, 0.3) is 0 Å². The Morgan fingerprint density at radius 1 is 1.40 bits per heavy atom. The van der Waals surface area contributed by atoms with Gasteiger partial charge in [-0.3, -0.25) is 0 Å². The fourth-order valence-electron chi connectivity index (χ4n) is 2.22. The number of nitrogens with one attached hydrogen (secondary N) is 1. The predicted octanol–water partition coefficient (Wildman–Crippen LogP) is 3.90. The summed E-state index contributed by atoms with van der Waals surface area (Å²) in [5.74, 6) is 0.939. The van der Waals surface area contributed by atoms with Crippen LogP contribution in [0, 0.1) is 5.92 Å². The lowest BCUT2D eigenvalue weighted by molar-refractivity contribution is 0.265. The molecule has 1 aliphatic rings. The van der Waals surface area contributed by atoms with E-state index in [-0.39, 0.29) is 0 Å². The van der Waals surface area contributed by atoms with Gasteiger partial charge in [-0.25, -0.2) is 0 Å². The second-order valence-electron chi connectivity index (χ2n) is 4.40. The zero-order chi connectivity index (χ0) is 10.7. The summed E-state index contributed by atoms with van der Waals surface area (Å²) in [5.41, 5.74) is 1.40. The van der Waals surface area contributed by atoms with Crippen LogP contribution >= 0.6 is 15.9 Å². The minimum atomic E-state index is 0.505. The Labute approximate surface area is 100 Å². The highest BCUT2D eigenvalue weighted by atomic mass is 79.9. The Morgan fingerprint density at radius 2 is 2.13 bits per heavy atom. The summed E-state index contributed by atoms with van der Waals surface area (Å²) in [5, 5.41) is 3.43. The lowest BCUT2D eigenvalue weighted by Crippen LogP contribution is -2.23. The standard InChI is InChI=1S/C13H18BrN/c1-15-13(9-10-5-4-6-10)11-7-2-3-8-12(11)14/h2-3,7-8,10,13,15H,4-6,9H2,1H3. The highest BCUT2D eigenvalue weighted by Crippen LogP contribution is 2.36. The van der Waals surface area contributed by atoms with Crippen molar-refractivity contribution in [2.24, 2.45) is 5.92 Å². The van der Waals surface area contributed by atoms with Crippen LogP contribution < -0.4 is 5.32 Å². The Balaban J connectivity index is 2.07. The van der Waals surface area contributed by atoms with Crippen molar-refractivity contribution >= 4 is 15.9 Å². The third kappa shape index (κ3) is 2.61. The van der Waals surface area contributed by atoms with E-state index in [1.54, 1.807) is 0 Å². The molecule has 0 aromatic heterocycles. The molecule has 0 aliphatic heterocycles. The first-order valence-electron chi connectivity index (χ1n) is 5.73. The maximum Gasteiger partial charge on any atom is 0.0331 e. The Kier molecular flexibility index (Phi) is 3.81. The van der Waals surface area contributed by atoms with Gasteiger partial charge in [-0.1, -0.05) is 53.4 Å². The van der Waals surface area contributed by atoms with Gasteiger partial charge in [-0.2, -0.15) is 0 Å².